The van der Waals surface area contributed by atoms with Gasteiger partial charge in [0.05, 0.1) is 7.11 Å². The van der Waals surface area contributed by atoms with E-state index < -0.39 is 0 Å². The van der Waals surface area contributed by atoms with Crippen molar-refractivity contribution in [1.82, 2.24) is 15.1 Å². The first kappa shape index (κ1) is 25.5. The van der Waals surface area contributed by atoms with Gasteiger partial charge in [-0.25, -0.2) is 0 Å². The minimum Gasteiger partial charge on any atom is -0.497 e. The van der Waals surface area contributed by atoms with E-state index in [2.05, 4.69) is 34.2 Å². The van der Waals surface area contributed by atoms with Crippen molar-refractivity contribution < 1.29 is 9.53 Å². The van der Waals surface area contributed by atoms with Crippen LogP contribution in [0.4, 0.5) is 5.69 Å². The summed E-state index contributed by atoms with van der Waals surface area (Å²) < 4.78 is 5.26. The van der Waals surface area contributed by atoms with Gasteiger partial charge in [-0.1, -0.05) is 6.42 Å². The molecule has 0 aromatic heterocycles. The van der Waals surface area contributed by atoms with E-state index in [0.717, 1.165) is 83.3 Å². The summed E-state index contributed by atoms with van der Waals surface area (Å²) >= 11 is 0. The van der Waals surface area contributed by atoms with Crippen LogP contribution in [0.2, 0.25) is 0 Å². The van der Waals surface area contributed by atoms with Crippen molar-refractivity contribution in [2.45, 2.75) is 39.0 Å². The van der Waals surface area contributed by atoms with Crippen LogP contribution >= 0.6 is 24.0 Å². The van der Waals surface area contributed by atoms with Gasteiger partial charge in [0, 0.05) is 64.5 Å². The number of hydrogen-bond donors (Lipinski definition) is 1. The van der Waals surface area contributed by atoms with E-state index in [0.29, 0.717) is 12.3 Å². The van der Waals surface area contributed by atoms with Crippen molar-refractivity contribution in [3.8, 4) is 5.75 Å². The Kier molecular flexibility index (Phi) is 11.2. The fourth-order valence-electron chi connectivity index (χ4n) is 4.12. The molecule has 0 aliphatic carbocycles. The second kappa shape index (κ2) is 13.6. The quantitative estimate of drug-likeness (QED) is 0.248. The number of hydrogen-bond acceptors (Lipinski definition) is 4. The van der Waals surface area contributed by atoms with Crippen LogP contribution in [0, 0.1) is 0 Å². The zero-order valence-electron chi connectivity index (χ0n) is 19.0. The first-order valence-corrected chi connectivity index (χ1v) is 11.4. The molecule has 174 valence electrons. The van der Waals surface area contributed by atoms with Gasteiger partial charge >= 0.3 is 0 Å². The van der Waals surface area contributed by atoms with E-state index >= 15 is 0 Å². The summed E-state index contributed by atoms with van der Waals surface area (Å²) in [5.41, 5.74) is 1.24. The summed E-state index contributed by atoms with van der Waals surface area (Å²) in [6, 6.07) is 8.28. The lowest BCUT2D eigenvalue weighted by molar-refractivity contribution is -0.130. The molecule has 0 bridgehead atoms. The third-order valence-corrected chi connectivity index (χ3v) is 5.87. The standard InChI is InChI=1S/C23H37N5O2.HI/c1-3-24-23(25-13-7-15-27-14-6-4-5-8-22(27)29)28-18-16-26(17-19-28)20-9-11-21(30-2)12-10-20;/h9-12H,3-8,13-19H2,1-2H3,(H,24,25);1H. The summed E-state index contributed by atoms with van der Waals surface area (Å²) in [5, 5.41) is 3.44. The molecule has 0 atom stereocenters. The van der Waals surface area contributed by atoms with Crippen molar-refractivity contribution in [3.63, 3.8) is 0 Å². The topological polar surface area (TPSA) is 60.4 Å². The summed E-state index contributed by atoms with van der Waals surface area (Å²) in [6.45, 7) is 9.30. The number of rotatable bonds is 7. The van der Waals surface area contributed by atoms with Crippen LogP contribution in [0.15, 0.2) is 29.3 Å². The number of piperazine rings is 1. The molecular formula is C23H38IN5O2. The Balaban J connectivity index is 0.00000341. The molecule has 8 heteroatoms. The predicted molar refractivity (Wildman–Crippen MR) is 138 cm³/mol. The first-order valence-electron chi connectivity index (χ1n) is 11.4. The maximum Gasteiger partial charge on any atom is 0.222 e. The highest BCUT2D eigenvalue weighted by Gasteiger charge is 2.20. The molecule has 2 aliphatic heterocycles. The van der Waals surface area contributed by atoms with Crippen LogP contribution in [0.3, 0.4) is 0 Å². The minimum absolute atomic E-state index is 0. The van der Waals surface area contributed by atoms with Gasteiger partial charge in [0.25, 0.3) is 0 Å². The molecule has 2 fully saturated rings. The van der Waals surface area contributed by atoms with Crippen molar-refractivity contribution in [3.05, 3.63) is 24.3 Å². The van der Waals surface area contributed by atoms with Crippen molar-refractivity contribution in [2.75, 3.05) is 64.4 Å². The van der Waals surface area contributed by atoms with Crippen molar-refractivity contribution in [2.24, 2.45) is 4.99 Å². The molecule has 7 nitrogen and oxygen atoms in total. The Morgan fingerprint density at radius 1 is 1.06 bits per heavy atom. The monoisotopic (exact) mass is 543 g/mol. The number of methoxy groups -OCH3 is 1. The Hall–Kier alpha value is -1.71. The Morgan fingerprint density at radius 3 is 2.48 bits per heavy atom. The van der Waals surface area contributed by atoms with Crippen molar-refractivity contribution in [1.29, 1.82) is 0 Å². The van der Waals surface area contributed by atoms with Gasteiger partial charge in [0.2, 0.25) is 5.91 Å². The molecule has 1 aromatic carbocycles. The number of anilines is 1. The number of aliphatic imine (C=N–C) groups is 1. The number of nitrogens with one attached hydrogen (secondary N) is 1. The molecule has 0 radical (unpaired) electrons. The predicted octanol–water partition coefficient (Wildman–Crippen LogP) is 3.19. The van der Waals surface area contributed by atoms with E-state index in [9.17, 15) is 4.79 Å². The number of halogens is 1. The first-order chi connectivity index (χ1) is 14.7. The molecular weight excluding hydrogens is 505 g/mol. The van der Waals surface area contributed by atoms with Gasteiger partial charge in [-0.15, -0.1) is 24.0 Å². The summed E-state index contributed by atoms with van der Waals surface area (Å²) in [4.78, 5) is 23.8. The van der Waals surface area contributed by atoms with E-state index in [1.165, 1.54) is 12.1 Å². The molecule has 1 amide bonds. The van der Waals surface area contributed by atoms with Gasteiger partial charge < -0.3 is 24.8 Å². The molecule has 0 spiro atoms. The zero-order valence-corrected chi connectivity index (χ0v) is 21.3. The lowest BCUT2D eigenvalue weighted by Gasteiger charge is -2.37. The average molecular weight is 543 g/mol. The van der Waals surface area contributed by atoms with E-state index in [4.69, 9.17) is 9.73 Å². The van der Waals surface area contributed by atoms with Gasteiger partial charge in [0.1, 0.15) is 5.75 Å². The van der Waals surface area contributed by atoms with Crippen molar-refractivity contribution >= 4 is 41.5 Å². The Bertz CT molecular complexity index is 690. The summed E-state index contributed by atoms with van der Waals surface area (Å²) in [5.74, 6) is 2.20. The fourth-order valence-corrected chi connectivity index (χ4v) is 4.12. The van der Waals surface area contributed by atoms with Crippen LogP contribution in [0.25, 0.3) is 0 Å². The van der Waals surface area contributed by atoms with Gasteiger partial charge in [-0.2, -0.15) is 0 Å². The third kappa shape index (κ3) is 7.73. The minimum atomic E-state index is 0. The lowest BCUT2D eigenvalue weighted by Crippen LogP contribution is -2.52. The summed E-state index contributed by atoms with van der Waals surface area (Å²) in [6.07, 6.45) is 4.99. The van der Waals surface area contributed by atoms with Gasteiger partial charge in [-0.3, -0.25) is 9.79 Å². The lowest BCUT2D eigenvalue weighted by atomic mass is 10.2. The smallest absolute Gasteiger partial charge is 0.222 e. The molecule has 0 unspecified atom stereocenters. The number of amides is 1. The van der Waals surface area contributed by atoms with Crippen LogP contribution in [-0.2, 0) is 4.79 Å². The summed E-state index contributed by atoms with van der Waals surface area (Å²) in [7, 11) is 1.70. The second-order valence-corrected chi connectivity index (χ2v) is 7.95. The van der Waals surface area contributed by atoms with Crippen LogP contribution < -0.4 is 15.0 Å². The number of benzene rings is 1. The van der Waals surface area contributed by atoms with E-state index in [1.807, 2.05) is 17.0 Å². The largest absolute Gasteiger partial charge is 0.497 e. The van der Waals surface area contributed by atoms with Crippen LogP contribution in [0.5, 0.6) is 5.75 Å². The SMILES string of the molecule is CCNC(=NCCCN1CCCCCC1=O)N1CCN(c2ccc(OC)cc2)CC1.I. The normalized spacial score (nSPS) is 17.8. The zero-order chi connectivity index (χ0) is 21.2. The fraction of sp³-hybridized carbons (Fsp3) is 0.652. The highest BCUT2D eigenvalue weighted by atomic mass is 127. The number of nitrogens with zero attached hydrogens (tertiary/aromatic N) is 4. The van der Waals surface area contributed by atoms with E-state index in [-0.39, 0.29) is 24.0 Å². The van der Waals surface area contributed by atoms with E-state index in [1.54, 1.807) is 7.11 Å². The number of likely N-dealkylation sites (tertiary alicyclic amines) is 1. The van der Waals surface area contributed by atoms with Crippen LogP contribution in [0.1, 0.15) is 39.0 Å². The number of guanidine groups is 1. The second-order valence-electron chi connectivity index (χ2n) is 7.95. The highest BCUT2D eigenvalue weighted by molar-refractivity contribution is 14.0. The average Bonchev–Trinajstić information content (AvgIpc) is 3.00. The Labute approximate surface area is 204 Å². The molecule has 2 saturated heterocycles. The molecule has 2 heterocycles. The molecule has 3 rings (SSSR count). The molecule has 31 heavy (non-hydrogen) atoms. The molecule has 2 aliphatic rings. The van der Waals surface area contributed by atoms with Crippen LogP contribution in [-0.4, -0.2) is 81.1 Å². The number of ether oxygens (including phenoxy) is 1. The number of carbonyl (C=O) groups excluding carboxylic acids is 1. The van der Waals surface area contributed by atoms with Gasteiger partial charge in [-0.05, 0) is 50.5 Å². The van der Waals surface area contributed by atoms with Gasteiger partial charge in [0.15, 0.2) is 5.96 Å². The molecule has 0 saturated carbocycles. The number of carbonyl (C=O) groups is 1. The highest BCUT2D eigenvalue weighted by Crippen LogP contribution is 2.20. The third-order valence-electron chi connectivity index (χ3n) is 5.87. The molecule has 1 N–H and O–H groups in total. The molecule has 1 aromatic rings. The Morgan fingerprint density at radius 2 is 1.81 bits per heavy atom. The maximum absolute atomic E-state index is 12.1. The maximum atomic E-state index is 12.1.